The Morgan fingerprint density at radius 2 is 1.54 bits per heavy atom. The quantitative estimate of drug-likeness (QED) is 0.163. The van der Waals surface area contributed by atoms with E-state index in [1.807, 2.05) is 13.8 Å². The molecule has 2 aromatic rings. The zero-order chi connectivity index (χ0) is 41.7. The van der Waals surface area contributed by atoms with E-state index in [1.54, 1.807) is 60.5 Å². The molecule has 0 aliphatic heterocycles. The molecule has 15 nitrogen and oxygen atoms in total. The Balaban J connectivity index is 1.78. The minimum atomic E-state index is -2.71. The van der Waals surface area contributed by atoms with Crippen molar-refractivity contribution < 1.29 is 57.3 Å². The van der Waals surface area contributed by atoms with Crippen molar-refractivity contribution in [3.63, 3.8) is 0 Å². The third kappa shape index (κ3) is 7.50. The number of unbranched alkanes of at least 4 members (excludes halogenated alkanes) is 2. The van der Waals surface area contributed by atoms with Gasteiger partial charge in [0.15, 0.2) is 17.1 Å². The smallest absolute Gasteiger partial charge is 0.424 e. The number of benzene rings is 1. The lowest BCUT2D eigenvalue weighted by molar-refractivity contribution is -0.142. The van der Waals surface area contributed by atoms with Gasteiger partial charge in [0.25, 0.3) is 5.88 Å². The SMILES string of the molecule is CCCCOc1noc2c1C(=O)[C@@]1(O)C(=O)C3=C(O)c4c(c(F)c(CN)c(N(C(=O)OC(C)(C)C)C(=O)OC(C)(C)C)c4OCCCC)C[C@H]3C[C@H]1[C@@H]2N(C)C. The van der Waals surface area contributed by atoms with Crippen molar-refractivity contribution >= 4 is 35.2 Å². The van der Waals surface area contributed by atoms with Crippen LogP contribution in [0.3, 0.4) is 0 Å². The summed E-state index contributed by atoms with van der Waals surface area (Å²) < 4.78 is 46.0. The molecule has 1 fully saturated rings. The number of carbonyl (C=O) groups is 4. The molecule has 1 aromatic carbocycles. The van der Waals surface area contributed by atoms with Gasteiger partial charge in [-0.25, -0.2) is 14.0 Å². The van der Waals surface area contributed by atoms with E-state index in [2.05, 4.69) is 5.16 Å². The Morgan fingerprint density at radius 1 is 0.964 bits per heavy atom. The van der Waals surface area contributed by atoms with Gasteiger partial charge >= 0.3 is 12.2 Å². The van der Waals surface area contributed by atoms with Crippen LogP contribution < -0.4 is 20.1 Å². The summed E-state index contributed by atoms with van der Waals surface area (Å²) in [6.45, 7) is 13.0. The van der Waals surface area contributed by atoms with Crippen LogP contribution in [0, 0.1) is 17.7 Å². The molecule has 0 spiro atoms. The molecule has 0 bridgehead atoms. The summed E-state index contributed by atoms with van der Waals surface area (Å²) in [6.07, 6.45) is -0.181. The summed E-state index contributed by atoms with van der Waals surface area (Å²) >= 11 is 0. The molecule has 16 heteroatoms. The third-order valence-corrected chi connectivity index (χ3v) is 10.1. The van der Waals surface area contributed by atoms with Crippen molar-refractivity contribution in [2.45, 2.75) is 123 Å². The second-order valence-electron chi connectivity index (χ2n) is 16.8. The number of nitrogens with zero attached hydrogens (tertiary/aromatic N) is 3. The van der Waals surface area contributed by atoms with Gasteiger partial charge in [-0.05, 0) is 92.4 Å². The molecule has 0 saturated heterocycles. The number of aromatic nitrogens is 1. The number of Topliss-reactive ketones (excluding diaryl/α,β-unsaturated/α-hetero) is 2. The second kappa shape index (κ2) is 15.8. The number of hydrogen-bond donors (Lipinski definition) is 3. The van der Waals surface area contributed by atoms with E-state index in [9.17, 15) is 29.4 Å². The number of imide groups is 1. The molecule has 0 unspecified atom stereocenters. The first-order valence-electron chi connectivity index (χ1n) is 19.1. The predicted octanol–water partition coefficient (Wildman–Crippen LogP) is 6.57. The number of ether oxygens (including phenoxy) is 4. The highest BCUT2D eigenvalue weighted by Crippen LogP contribution is 2.57. The zero-order valence-corrected chi connectivity index (χ0v) is 34.0. The van der Waals surface area contributed by atoms with Crippen LogP contribution >= 0.6 is 0 Å². The molecule has 5 rings (SSSR count). The maximum Gasteiger partial charge on any atom is 0.424 e. The van der Waals surface area contributed by atoms with Crippen LogP contribution in [0.2, 0.25) is 0 Å². The molecule has 1 aromatic heterocycles. The van der Waals surface area contributed by atoms with Crippen molar-refractivity contribution in [1.29, 1.82) is 0 Å². The zero-order valence-electron chi connectivity index (χ0n) is 34.0. The third-order valence-electron chi connectivity index (χ3n) is 10.1. The topological polar surface area (TPSA) is 204 Å². The first-order valence-corrected chi connectivity index (χ1v) is 19.1. The van der Waals surface area contributed by atoms with Crippen LogP contribution in [0.1, 0.15) is 126 Å². The minimum absolute atomic E-state index is 0.0197. The molecule has 1 heterocycles. The van der Waals surface area contributed by atoms with Gasteiger partial charge in [0.05, 0.1) is 24.8 Å². The van der Waals surface area contributed by atoms with E-state index >= 15 is 4.39 Å². The normalized spacial score (nSPS) is 21.9. The average Bonchev–Trinajstić information content (AvgIpc) is 3.49. The summed E-state index contributed by atoms with van der Waals surface area (Å²) in [4.78, 5) is 59.3. The van der Waals surface area contributed by atoms with E-state index in [0.29, 0.717) is 24.2 Å². The van der Waals surface area contributed by atoms with Gasteiger partial charge in [-0.3, -0.25) is 14.5 Å². The molecular formula is C40H55FN4O11. The Hall–Kier alpha value is -4.54. The van der Waals surface area contributed by atoms with Gasteiger partial charge in [-0.1, -0.05) is 26.7 Å². The van der Waals surface area contributed by atoms with E-state index < -0.39 is 82.2 Å². The molecular weight excluding hydrogens is 731 g/mol. The Kier molecular flexibility index (Phi) is 12.0. The number of aliphatic hydroxyl groups excluding tert-OH is 1. The molecule has 1 saturated carbocycles. The van der Waals surface area contributed by atoms with Gasteiger partial charge in [-0.2, -0.15) is 4.90 Å². The number of rotatable bonds is 11. The molecule has 2 amide bonds. The largest absolute Gasteiger partial charge is 0.507 e. The summed E-state index contributed by atoms with van der Waals surface area (Å²) in [5, 5.41) is 28.7. The van der Waals surface area contributed by atoms with E-state index in [0.717, 1.165) is 6.42 Å². The lowest BCUT2D eigenvalue weighted by atomic mass is 9.57. The van der Waals surface area contributed by atoms with Crippen molar-refractivity contribution in [3.8, 4) is 11.6 Å². The standard InChI is InChI=1S/C40H55FN4O11/c1-11-13-15-52-31-25-21(27(41)22(19-42)28(31)45(36(49)54-38(3,4)5)37(50)55-39(6,7)8)17-20-18-23-29(44(9)10)32-26(35(43-56-32)53-16-14-12-2)34(48)40(23,51)33(47)24(20)30(25)46/h20,23,29,46,51H,11-19,42H2,1-10H3/t20-,23-,29-,40-/m0/s1. The first kappa shape index (κ1) is 42.6. The number of fused-ring (bicyclic) bond motifs is 4. The molecule has 56 heavy (non-hydrogen) atoms. The van der Waals surface area contributed by atoms with Crippen LogP contribution in [-0.2, 0) is 27.2 Å². The number of nitrogens with two attached hydrogens (primary N) is 1. The summed E-state index contributed by atoms with van der Waals surface area (Å²) in [7, 11) is 3.40. The maximum atomic E-state index is 17.1. The summed E-state index contributed by atoms with van der Waals surface area (Å²) in [5.74, 6) is -6.18. The maximum absolute atomic E-state index is 17.1. The van der Waals surface area contributed by atoms with Gasteiger partial charge in [0.1, 0.15) is 34.0 Å². The van der Waals surface area contributed by atoms with Crippen molar-refractivity contribution in [1.82, 2.24) is 10.1 Å². The Morgan fingerprint density at radius 3 is 2.05 bits per heavy atom. The van der Waals surface area contributed by atoms with Gasteiger partial charge in [0.2, 0.25) is 11.6 Å². The highest BCUT2D eigenvalue weighted by atomic mass is 19.1. The van der Waals surface area contributed by atoms with E-state index in [4.69, 9.17) is 29.2 Å². The van der Waals surface area contributed by atoms with Crippen molar-refractivity contribution in [2.24, 2.45) is 17.6 Å². The van der Waals surface area contributed by atoms with Gasteiger partial charge < -0.3 is 39.4 Å². The van der Waals surface area contributed by atoms with E-state index in [1.165, 1.54) is 0 Å². The average molecular weight is 787 g/mol. The molecule has 4 atom stereocenters. The molecule has 0 radical (unpaired) electrons. The Bertz CT molecular complexity index is 1900. The fourth-order valence-corrected chi connectivity index (χ4v) is 7.71. The molecule has 3 aliphatic carbocycles. The predicted molar refractivity (Wildman–Crippen MR) is 202 cm³/mol. The van der Waals surface area contributed by atoms with Crippen LogP contribution in [0.25, 0.3) is 5.76 Å². The van der Waals surface area contributed by atoms with Crippen molar-refractivity contribution in [2.75, 3.05) is 32.2 Å². The number of amides is 2. The number of anilines is 1. The van der Waals surface area contributed by atoms with Crippen LogP contribution in [0.15, 0.2) is 10.1 Å². The second-order valence-corrected chi connectivity index (χ2v) is 16.8. The van der Waals surface area contributed by atoms with Crippen molar-refractivity contribution in [3.05, 3.63) is 39.4 Å². The number of hydrogen-bond acceptors (Lipinski definition) is 14. The van der Waals surface area contributed by atoms with Gasteiger partial charge in [0, 0.05) is 29.2 Å². The highest BCUT2D eigenvalue weighted by Gasteiger charge is 2.65. The molecule has 4 N–H and O–H groups in total. The van der Waals surface area contributed by atoms with Crippen LogP contribution in [0.5, 0.6) is 11.6 Å². The fourth-order valence-electron chi connectivity index (χ4n) is 7.71. The summed E-state index contributed by atoms with van der Waals surface area (Å²) in [5.41, 5.74) is -0.476. The number of halogens is 1. The minimum Gasteiger partial charge on any atom is -0.507 e. The Labute approximate surface area is 326 Å². The van der Waals surface area contributed by atoms with Crippen LogP contribution in [-0.4, -0.2) is 88.1 Å². The lowest BCUT2D eigenvalue weighted by Crippen LogP contribution is -2.63. The highest BCUT2D eigenvalue weighted by molar-refractivity contribution is 6.26. The van der Waals surface area contributed by atoms with E-state index in [-0.39, 0.29) is 71.3 Å². The number of ketones is 2. The monoisotopic (exact) mass is 786 g/mol. The number of carbonyl (C=O) groups excluding carboxylic acids is 4. The molecule has 308 valence electrons. The molecule has 3 aliphatic rings. The fraction of sp³-hybridized carbons (Fsp3) is 0.625. The summed E-state index contributed by atoms with van der Waals surface area (Å²) in [6, 6.07) is -0.839. The van der Waals surface area contributed by atoms with Gasteiger partial charge in [-0.15, -0.1) is 0 Å². The lowest BCUT2D eigenvalue weighted by Gasteiger charge is -2.49. The van der Waals surface area contributed by atoms with Crippen LogP contribution in [0.4, 0.5) is 19.7 Å². The first-order chi connectivity index (χ1) is 26.1. The number of aliphatic hydroxyl groups is 2.